The molecule has 0 radical (unpaired) electrons. The summed E-state index contributed by atoms with van der Waals surface area (Å²) in [4.78, 5) is 16.6. The summed E-state index contributed by atoms with van der Waals surface area (Å²) in [5, 5.41) is 2.11. The third-order valence-corrected chi connectivity index (χ3v) is 5.33. The fourth-order valence-electron chi connectivity index (χ4n) is 3.07. The molecule has 0 bridgehead atoms. The number of anilines is 1. The Kier molecular flexibility index (Phi) is 5.72. The van der Waals surface area contributed by atoms with E-state index in [1.54, 1.807) is 0 Å². The van der Waals surface area contributed by atoms with Gasteiger partial charge in [0, 0.05) is 11.3 Å². The third-order valence-electron chi connectivity index (χ3n) is 4.74. The molecule has 164 valence electrons. The lowest BCUT2D eigenvalue weighted by Crippen LogP contribution is -2.19. The Hall–Kier alpha value is -3.27. The molecule has 0 unspecified atom stereocenters. The van der Waals surface area contributed by atoms with E-state index in [9.17, 15) is 26.7 Å². The molecule has 0 spiro atoms. The fraction of sp³-hybridized carbons (Fsp3) is 0.0909. The number of aryl methyl sites for hydroxylation is 1. The van der Waals surface area contributed by atoms with Gasteiger partial charge in [-0.25, -0.2) is 26.9 Å². The largest absolute Gasteiger partial charge is 0.435 e. The maximum Gasteiger partial charge on any atom is 0.261 e. The van der Waals surface area contributed by atoms with Crippen LogP contribution in [0.5, 0.6) is 0 Å². The van der Waals surface area contributed by atoms with Gasteiger partial charge in [0.25, 0.3) is 5.91 Å². The standard InChI is InChI=1S/C22H12BrF5N2O2/c1-2-9-7-12(23)20-13(8-9)30-22(32-20)10-3-5-11(6-4-10)29-21(31)14-15(24)17(26)19(28)18(27)16(14)25/h3-8H,2H2,1H3,(H,29,31). The van der Waals surface area contributed by atoms with Gasteiger partial charge >= 0.3 is 0 Å². The zero-order chi connectivity index (χ0) is 23.2. The first-order chi connectivity index (χ1) is 15.2. The summed E-state index contributed by atoms with van der Waals surface area (Å²) in [6, 6.07) is 9.61. The number of fused-ring (bicyclic) bond motifs is 1. The van der Waals surface area contributed by atoms with Crippen LogP contribution in [0.1, 0.15) is 22.8 Å². The van der Waals surface area contributed by atoms with Gasteiger partial charge < -0.3 is 9.73 Å². The maximum absolute atomic E-state index is 13.8. The number of oxazole rings is 1. The van der Waals surface area contributed by atoms with E-state index in [1.165, 1.54) is 24.3 Å². The first kappa shape index (κ1) is 21.9. The summed E-state index contributed by atoms with van der Waals surface area (Å²) < 4.78 is 74.0. The van der Waals surface area contributed by atoms with E-state index in [4.69, 9.17) is 4.42 Å². The summed E-state index contributed by atoms with van der Waals surface area (Å²) in [5.41, 5.74) is 1.31. The zero-order valence-electron chi connectivity index (χ0n) is 16.2. The van der Waals surface area contributed by atoms with Gasteiger partial charge in [0.05, 0.1) is 4.47 Å². The van der Waals surface area contributed by atoms with Crippen molar-refractivity contribution >= 4 is 38.6 Å². The maximum atomic E-state index is 13.8. The number of benzene rings is 3. The van der Waals surface area contributed by atoms with Gasteiger partial charge in [-0.1, -0.05) is 6.92 Å². The summed E-state index contributed by atoms with van der Waals surface area (Å²) in [6.07, 6.45) is 0.814. The number of amides is 1. The second-order valence-corrected chi connectivity index (χ2v) is 7.63. The molecule has 0 aliphatic rings. The lowest BCUT2D eigenvalue weighted by atomic mass is 10.1. The normalized spacial score (nSPS) is 11.2. The molecule has 0 aliphatic heterocycles. The molecule has 4 rings (SSSR count). The lowest BCUT2D eigenvalue weighted by Gasteiger charge is -2.09. The predicted molar refractivity (Wildman–Crippen MR) is 111 cm³/mol. The summed E-state index contributed by atoms with van der Waals surface area (Å²) in [5.74, 6) is -12.3. The molecule has 4 nitrogen and oxygen atoms in total. The number of hydrogen-bond acceptors (Lipinski definition) is 3. The van der Waals surface area contributed by atoms with Gasteiger partial charge in [-0.15, -0.1) is 0 Å². The molecular formula is C22H12BrF5N2O2. The third kappa shape index (κ3) is 3.75. The van der Waals surface area contributed by atoms with Crippen molar-refractivity contribution < 1.29 is 31.2 Å². The Morgan fingerprint density at radius 2 is 1.56 bits per heavy atom. The monoisotopic (exact) mass is 510 g/mol. The Morgan fingerprint density at radius 1 is 0.969 bits per heavy atom. The lowest BCUT2D eigenvalue weighted by molar-refractivity contribution is 0.101. The quantitative estimate of drug-likeness (QED) is 0.187. The van der Waals surface area contributed by atoms with E-state index in [1.807, 2.05) is 19.1 Å². The Labute approximate surface area is 186 Å². The number of halogens is 6. The minimum absolute atomic E-state index is 0.0632. The van der Waals surface area contributed by atoms with E-state index in [2.05, 4.69) is 26.2 Å². The molecule has 0 saturated heterocycles. The average Bonchev–Trinajstić information content (AvgIpc) is 3.21. The second-order valence-electron chi connectivity index (χ2n) is 6.77. The highest BCUT2D eigenvalue weighted by Gasteiger charge is 2.29. The minimum Gasteiger partial charge on any atom is -0.435 e. The van der Waals surface area contributed by atoms with Crippen molar-refractivity contribution in [2.24, 2.45) is 0 Å². The van der Waals surface area contributed by atoms with Crippen LogP contribution in [-0.2, 0) is 6.42 Å². The van der Waals surface area contributed by atoms with Crippen LogP contribution in [0, 0.1) is 29.1 Å². The van der Waals surface area contributed by atoms with Gasteiger partial charge in [0.2, 0.25) is 11.7 Å². The topological polar surface area (TPSA) is 55.1 Å². The van der Waals surface area contributed by atoms with Crippen molar-refractivity contribution in [2.75, 3.05) is 5.32 Å². The number of hydrogen-bond donors (Lipinski definition) is 1. The molecule has 4 aromatic rings. The first-order valence-electron chi connectivity index (χ1n) is 9.23. The van der Waals surface area contributed by atoms with Crippen molar-refractivity contribution in [3.05, 3.63) is 81.1 Å². The molecular weight excluding hydrogens is 499 g/mol. The van der Waals surface area contributed by atoms with Crippen LogP contribution < -0.4 is 5.32 Å². The summed E-state index contributed by atoms with van der Waals surface area (Å²) in [6.45, 7) is 2.01. The molecule has 1 aromatic heterocycles. The van der Waals surface area contributed by atoms with Crippen molar-refractivity contribution in [1.29, 1.82) is 0 Å². The zero-order valence-corrected chi connectivity index (χ0v) is 17.8. The van der Waals surface area contributed by atoms with E-state index >= 15 is 0 Å². The van der Waals surface area contributed by atoms with Crippen LogP contribution in [0.3, 0.4) is 0 Å². The van der Waals surface area contributed by atoms with Crippen molar-refractivity contribution in [1.82, 2.24) is 4.98 Å². The molecule has 32 heavy (non-hydrogen) atoms. The van der Waals surface area contributed by atoms with Crippen LogP contribution in [0.15, 0.2) is 45.3 Å². The number of rotatable bonds is 4. The molecule has 0 aliphatic carbocycles. The Morgan fingerprint density at radius 3 is 2.16 bits per heavy atom. The molecule has 3 aromatic carbocycles. The first-order valence-corrected chi connectivity index (χ1v) is 10.0. The molecule has 0 fully saturated rings. The van der Waals surface area contributed by atoms with Crippen LogP contribution in [0.2, 0.25) is 0 Å². The van der Waals surface area contributed by atoms with E-state index in [0.29, 0.717) is 22.6 Å². The number of carbonyl (C=O) groups excluding carboxylic acids is 1. The molecule has 10 heteroatoms. The number of carbonyl (C=O) groups is 1. The molecule has 1 amide bonds. The Bertz CT molecular complexity index is 1340. The highest BCUT2D eigenvalue weighted by Crippen LogP contribution is 2.31. The Balaban J connectivity index is 1.61. The molecule has 0 saturated carbocycles. The summed E-state index contributed by atoms with van der Waals surface area (Å²) in [7, 11) is 0. The van der Waals surface area contributed by atoms with Crippen LogP contribution in [-0.4, -0.2) is 10.9 Å². The van der Waals surface area contributed by atoms with Crippen molar-refractivity contribution in [3.8, 4) is 11.5 Å². The molecule has 1 N–H and O–H groups in total. The van der Waals surface area contributed by atoms with Crippen molar-refractivity contribution in [3.63, 3.8) is 0 Å². The smallest absolute Gasteiger partial charge is 0.261 e. The number of aromatic nitrogens is 1. The van der Waals surface area contributed by atoms with Crippen molar-refractivity contribution in [2.45, 2.75) is 13.3 Å². The molecule has 0 atom stereocenters. The van der Waals surface area contributed by atoms with Gasteiger partial charge in [-0.05, 0) is 64.3 Å². The highest BCUT2D eigenvalue weighted by molar-refractivity contribution is 9.10. The van der Waals surface area contributed by atoms with Gasteiger partial charge in [0.1, 0.15) is 11.1 Å². The predicted octanol–water partition coefficient (Wildman–Crippen LogP) is 6.77. The van der Waals surface area contributed by atoms with Gasteiger partial charge in [-0.3, -0.25) is 4.79 Å². The van der Waals surface area contributed by atoms with E-state index in [-0.39, 0.29) is 5.69 Å². The second kappa shape index (κ2) is 8.34. The van der Waals surface area contributed by atoms with Crippen LogP contribution in [0.25, 0.3) is 22.6 Å². The number of nitrogens with zero attached hydrogens (tertiary/aromatic N) is 1. The van der Waals surface area contributed by atoms with Gasteiger partial charge in [0.15, 0.2) is 28.9 Å². The fourth-order valence-corrected chi connectivity index (χ4v) is 3.65. The summed E-state index contributed by atoms with van der Waals surface area (Å²) >= 11 is 3.44. The van der Waals surface area contributed by atoms with E-state index in [0.717, 1.165) is 16.5 Å². The number of nitrogens with one attached hydrogen (secondary N) is 1. The van der Waals surface area contributed by atoms with Crippen LogP contribution in [0.4, 0.5) is 27.6 Å². The highest BCUT2D eigenvalue weighted by atomic mass is 79.9. The van der Waals surface area contributed by atoms with E-state index < -0.39 is 40.6 Å². The molecule has 1 heterocycles. The average molecular weight is 511 g/mol. The van der Waals surface area contributed by atoms with Gasteiger partial charge in [-0.2, -0.15) is 0 Å². The minimum atomic E-state index is -2.34. The van der Waals surface area contributed by atoms with Crippen LogP contribution >= 0.6 is 15.9 Å². The SMILES string of the molecule is CCc1cc(Br)c2oc(-c3ccc(NC(=O)c4c(F)c(F)c(F)c(F)c4F)cc3)nc2c1.